The molecule has 0 atom stereocenters. The van der Waals surface area contributed by atoms with Gasteiger partial charge in [0.2, 0.25) is 10.0 Å². The monoisotopic (exact) mass is 376 g/mol. The van der Waals surface area contributed by atoms with Gasteiger partial charge >= 0.3 is 0 Å². The van der Waals surface area contributed by atoms with Gasteiger partial charge in [0.1, 0.15) is 5.75 Å². The molecule has 0 aromatic heterocycles. The van der Waals surface area contributed by atoms with E-state index in [2.05, 4.69) is 5.32 Å². The third-order valence-electron chi connectivity index (χ3n) is 3.82. The van der Waals surface area contributed by atoms with Crippen LogP contribution in [0, 0.1) is 6.92 Å². The summed E-state index contributed by atoms with van der Waals surface area (Å²) in [6, 6.07) is 14.2. The van der Waals surface area contributed by atoms with E-state index in [4.69, 9.17) is 4.74 Å². The Hall–Kier alpha value is -2.54. The van der Waals surface area contributed by atoms with Gasteiger partial charge in [0.25, 0.3) is 5.91 Å². The number of nitrogens with one attached hydrogen (secondary N) is 1. The van der Waals surface area contributed by atoms with E-state index in [0.29, 0.717) is 23.6 Å². The maximum absolute atomic E-state index is 12.3. The Labute approximate surface area is 154 Å². The highest BCUT2D eigenvalue weighted by Gasteiger charge is 2.21. The zero-order valence-electron chi connectivity index (χ0n) is 15.2. The van der Waals surface area contributed by atoms with E-state index in [1.165, 1.54) is 4.31 Å². The number of hydrogen-bond donors (Lipinski definition) is 1. The SMILES string of the molecule is CCOc1ccccc1N(CCNC(=O)c1ccccc1C)S(C)(=O)=O. The molecular formula is C19H24N2O4S. The van der Waals surface area contributed by atoms with Crippen LogP contribution in [-0.4, -0.2) is 40.3 Å². The van der Waals surface area contributed by atoms with Crippen LogP contribution in [0.3, 0.4) is 0 Å². The van der Waals surface area contributed by atoms with Crippen molar-refractivity contribution in [2.24, 2.45) is 0 Å². The molecule has 0 aliphatic rings. The van der Waals surface area contributed by atoms with Crippen molar-refractivity contribution in [1.82, 2.24) is 5.32 Å². The van der Waals surface area contributed by atoms with E-state index in [0.717, 1.165) is 11.8 Å². The fraction of sp³-hybridized carbons (Fsp3) is 0.316. The molecule has 1 amide bonds. The zero-order valence-corrected chi connectivity index (χ0v) is 16.0. The number of aryl methyl sites for hydroxylation is 1. The summed E-state index contributed by atoms with van der Waals surface area (Å²) in [7, 11) is -3.53. The smallest absolute Gasteiger partial charge is 0.251 e. The van der Waals surface area contributed by atoms with Crippen molar-refractivity contribution >= 4 is 21.6 Å². The molecule has 0 aliphatic carbocycles. The van der Waals surface area contributed by atoms with E-state index in [9.17, 15) is 13.2 Å². The predicted octanol–water partition coefficient (Wildman–Crippen LogP) is 2.59. The molecule has 2 rings (SSSR count). The number of hydrogen-bond acceptors (Lipinski definition) is 4. The lowest BCUT2D eigenvalue weighted by Gasteiger charge is -2.24. The molecule has 6 nitrogen and oxygen atoms in total. The lowest BCUT2D eigenvalue weighted by atomic mass is 10.1. The second-order valence-corrected chi connectivity index (χ2v) is 7.71. The summed E-state index contributed by atoms with van der Waals surface area (Å²) in [6.07, 6.45) is 1.14. The normalized spacial score (nSPS) is 11.0. The minimum absolute atomic E-state index is 0.112. The second kappa shape index (κ2) is 8.71. The molecule has 0 bridgehead atoms. The molecular weight excluding hydrogens is 352 g/mol. The first-order valence-electron chi connectivity index (χ1n) is 8.38. The average Bonchev–Trinajstić information content (AvgIpc) is 2.59. The van der Waals surface area contributed by atoms with Gasteiger partial charge in [0, 0.05) is 12.1 Å². The van der Waals surface area contributed by atoms with E-state index in [-0.39, 0.29) is 19.0 Å². The molecule has 2 aromatic carbocycles. The minimum atomic E-state index is -3.53. The van der Waals surface area contributed by atoms with Crippen LogP contribution in [0.15, 0.2) is 48.5 Å². The molecule has 0 aliphatic heterocycles. The molecule has 0 saturated carbocycles. The second-order valence-electron chi connectivity index (χ2n) is 5.81. The van der Waals surface area contributed by atoms with Crippen molar-refractivity contribution in [2.45, 2.75) is 13.8 Å². The standard InChI is InChI=1S/C19H24N2O4S/c1-4-25-18-12-8-7-11-17(18)21(26(3,23)24)14-13-20-19(22)16-10-6-5-9-15(16)2/h5-12H,4,13-14H2,1-3H3,(H,20,22). The Morgan fingerprint density at radius 1 is 1.12 bits per heavy atom. The van der Waals surface area contributed by atoms with Gasteiger partial charge in [-0.3, -0.25) is 9.10 Å². The number of para-hydroxylation sites is 2. The fourth-order valence-corrected chi connectivity index (χ4v) is 3.53. The summed E-state index contributed by atoms with van der Waals surface area (Å²) < 4.78 is 31.3. The maximum Gasteiger partial charge on any atom is 0.251 e. The van der Waals surface area contributed by atoms with Crippen LogP contribution in [0.1, 0.15) is 22.8 Å². The van der Waals surface area contributed by atoms with Crippen LogP contribution >= 0.6 is 0 Å². The summed E-state index contributed by atoms with van der Waals surface area (Å²) >= 11 is 0. The van der Waals surface area contributed by atoms with Crippen molar-refractivity contribution in [3.8, 4) is 5.75 Å². The molecule has 140 valence electrons. The first kappa shape index (κ1) is 19.8. The summed E-state index contributed by atoms with van der Waals surface area (Å²) in [6.45, 7) is 4.42. The van der Waals surface area contributed by atoms with Crippen LogP contribution in [0.25, 0.3) is 0 Å². The van der Waals surface area contributed by atoms with Crippen molar-refractivity contribution in [3.05, 3.63) is 59.7 Å². The van der Waals surface area contributed by atoms with Crippen LogP contribution < -0.4 is 14.4 Å². The first-order valence-corrected chi connectivity index (χ1v) is 10.2. The van der Waals surface area contributed by atoms with Crippen molar-refractivity contribution in [1.29, 1.82) is 0 Å². The van der Waals surface area contributed by atoms with Gasteiger partial charge in [-0.2, -0.15) is 0 Å². The molecule has 2 aromatic rings. The highest BCUT2D eigenvalue weighted by molar-refractivity contribution is 7.92. The van der Waals surface area contributed by atoms with Crippen LogP contribution in [0.4, 0.5) is 5.69 Å². The van der Waals surface area contributed by atoms with E-state index < -0.39 is 10.0 Å². The van der Waals surface area contributed by atoms with Crippen LogP contribution in [0.2, 0.25) is 0 Å². The molecule has 26 heavy (non-hydrogen) atoms. The van der Waals surface area contributed by atoms with E-state index in [1.807, 2.05) is 26.0 Å². The van der Waals surface area contributed by atoms with Crippen LogP contribution in [-0.2, 0) is 10.0 Å². The molecule has 7 heteroatoms. The Bertz CT molecular complexity index is 865. The minimum Gasteiger partial charge on any atom is -0.492 e. The van der Waals surface area contributed by atoms with Crippen molar-refractivity contribution in [3.63, 3.8) is 0 Å². The number of nitrogens with zero attached hydrogens (tertiary/aromatic N) is 1. The molecule has 0 unspecified atom stereocenters. The van der Waals surface area contributed by atoms with E-state index in [1.54, 1.807) is 36.4 Å². The Balaban J connectivity index is 2.13. The molecule has 0 radical (unpaired) electrons. The number of benzene rings is 2. The average molecular weight is 376 g/mol. The van der Waals surface area contributed by atoms with Gasteiger partial charge in [-0.15, -0.1) is 0 Å². The van der Waals surface area contributed by atoms with Gasteiger partial charge in [-0.05, 0) is 37.6 Å². The quantitative estimate of drug-likeness (QED) is 0.768. The molecule has 0 spiro atoms. The Kier molecular flexibility index (Phi) is 6.63. The molecule has 1 N–H and O–H groups in total. The first-order chi connectivity index (χ1) is 12.3. The number of carbonyl (C=O) groups excluding carboxylic acids is 1. The topological polar surface area (TPSA) is 75.7 Å². The third-order valence-corrected chi connectivity index (χ3v) is 5.00. The molecule has 0 saturated heterocycles. The Morgan fingerprint density at radius 3 is 2.42 bits per heavy atom. The summed E-state index contributed by atoms with van der Waals surface area (Å²) in [5.74, 6) is 0.264. The number of rotatable bonds is 8. The number of carbonyl (C=O) groups is 1. The van der Waals surface area contributed by atoms with Crippen molar-refractivity contribution in [2.75, 3.05) is 30.3 Å². The summed E-state index contributed by atoms with van der Waals surface area (Å²) in [5.41, 5.74) is 1.90. The van der Waals surface area contributed by atoms with E-state index >= 15 is 0 Å². The Morgan fingerprint density at radius 2 is 1.77 bits per heavy atom. The number of anilines is 1. The fourth-order valence-electron chi connectivity index (χ4n) is 2.60. The maximum atomic E-state index is 12.3. The predicted molar refractivity (Wildman–Crippen MR) is 103 cm³/mol. The van der Waals surface area contributed by atoms with Crippen LogP contribution in [0.5, 0.6) is 5.75 Å². The highest BCUT2D eigenvalue weighted by atomic mass is 32.2. The lowest BCUT2D eigenvalue weighted by molar-refractivity contribution is 0.0954. The summed E-state index contributed by atoms with van der Waals surface area (Å²) in [4.78, 5) is 12.3. The third kappa shape index (κ3) is 4.98. The number of sulfonamides is 1. The van der Waals surface area contributed by atoms with Gasteiger partial charge in [-0.1, -0.05) is 30.3 Å². The molecule has 0 fully saturated rings. The van der Waals surface area contributed by atoms with Crippen molar-refractivity contribution < 1.29 is 17.9 Å². The van der Waals surface area contributed by atoms with Gasteiger partial charge < -0.3 is 10.1 Å². The largest absolute Gasteiger partial charge is 0.492 e. The molecule has 0 heterocycles. The van der Waals surface area contributed by atoms with Gasteiger partial charge in [0.15, 0.2) is 0 Å². The summed E-state index contributed by atoms with van der Waals surface area (Å²) in [5, 5.41) is 2.78. The van der Waals surface area contributed by atoms with Gasteiger partial charge in [0.05, 0.1) is 25.1 Å². The van der Waals surface area contributed by atoms with Gasteiger partial charge in [-0.25, -0.2) is 8.42 Å². The number of amides is 1. The highest BCUT2D eigenvalue weighted by Crippen LogP contribution is 2.29. The lowest BCUT2D eigenvalue weighted by Crippen LogP contribution is -2.38. The zero-order chi connectivity index (χ0) is 19.2. The number of ether oxygens (including phenoxy) is 1.